The number of carboxylic acid groups (broad SMARTS) is 1. The Balaban J connectivity index is 2.10. The molecule has 0 bridgehead atoms. The van der Waals surface area contributed by atoms with E-state index in [1.807, 2.05) is 44.2 Å². The maximum absolute atomic E-state index is 12.3. The van der Waals surface area contributed by atoms with Gasteiger partial charge in [-0.2, -0.15) is 0 Å². The summed E-state index contributed by atoms with van der Waals surface area (Å²) in [5, 5.41) is 9.61. The molecule has 1 aromatic carbocycles. The van der Waals surface area contributed by atoms with Crippen LogP contribution < -0.4 is 0 Å². The maximum atomic E-state index is 12.3. The first-order chi connectivity index (χ1) is 11.2. The summed E-state index contributed by atoms with van der Waals surface area (Å²) in [7, 11) is 3.61. The Labute approximate surface area is 142 Å². The Morgan fingerprint density at radius 1 is 1.29 bits per heavy atom. The van der Waals surface area contributed by atoms with Crippen molar-refractivity contribution in [1.82, 2.24) is 9.80 Å². The summed E-state index contributed by atoms with van der Waals surface area (Å²) < 4.78 is 0. The van der Waals surface area contributed by atoms with E-state index in [1.165, 1.54) is 11.2 Å². The highest BCUT2D eigenvalue weighted by atomic mass is 16.4. The largest absolute Gasteiger partial charge is 0.465 e. The lowest BCUT2D eigenvalue weighted by Crippen LogP contribution is -2.61. The Kier molecular flexibility index (Phi) is 5.26. The standard InChI is InChI=1S/C18H25N3O3/c1-18(2)14(16(22)19-12-20(3)4)10-15(18)21(17(23)24)11-13-8-6-5-7-9-13/h5-9,12,14-15H,10-11H2,1-4H3,(H,23,24)/t14-,15-/m1/s1. The minimum atomic E-state index is -0.959. The van der Waals surface area contributed by atoms with E-state index >= 15 is 0 Å². The zero-order valence-corrected chi connectivity index (χ0v) is 14.6. The van der Waals surface area contributed by atoms with Crippen LogP contribution in [0.4, 0.5) is 4.79 Å². The second-order valence-corrected chi connectivity index (χ2v) is 7.07. The maximum Gasteiger partial charge on any atom is 0.407 e. The van der Waals surface area contributed by atoms with Gasteiger partial charge in [0.15, 0.2) is 0 Å². The van der Waals surface area contributed by atoms with Gasteiger partial charge in [0.1, 0.15) is 0 Å². The monoisotopic (exact) mass is 331 g/mol. The molecule has 0 radical (unpaired) electrons. The number of rotatable bonds is 5. The quantitative estimate of drug-likeness (QED) is 0.665. The van der Waals surface area contributed by atoms with E-state index in [-0.39, 0.29) is 17.9 Å². The molecule has 2 atom stereocenters. The highest BCUT2D eigenvalue weighted by Crippen LogP contribution is 2.50. The van der Waals surface area contributed by atoms with Crippen LogP contribution in [0.1, 0.15) is 25.8 Å². The molecule has 0 heterocycles. The van der Waals surface area contributed by atoms with Crippen LogP contribution in [0.3, 0.4) is 0 Å². The molecular weight excluding hydrogens is 306 g/mol. The van der Waals surface area contributed by atoms with Crippen molar-refractivity contribution in [2.75, 3.05) is 14.1 Å². The van der Waals surface area contributed by atoms with E-state index < -0.39 is 11.5 Å². The van der Waals surface area contributed by atoms with E-state index in [1.54, 1.807) is 19.0 Å². The summed E-state index contributed by atoms with van der Waals surface area (Å²) in [4.78, 5) is 31.1. The van der Waals surface area contributed by atoms with E-state index in [0.717, 1.165) is 5.56 Å². The van der Waals surface area contributed by atoms with Crippen molar-refractivity contribution in [1.29, 1.82) is 0 Å². The molecule has 0 spiro atoms. The lowest BCUT2D eigenvalue weighted by molar-refractivity contribution is -0.139. The average molecular weight is 331 g/mol. The van der Waals surface area contributed by atoms with Crippen molar-refractivity contribution >= 4 is 18.3 Å². The fraction of sp³-hybridized carbons (Fsp3) is 0.500. The van der Waals surface area contributed by atoms with Gasteiger partial charge in [-0.25, -0.2) is 9.79 Å². The van der Waals surface area contributed by atoms with Gasteiger partial charge in [0.2, 0.25) is 0 Å². The Bertz CT molecular complexity index is 626. The molecule has 0 unspecified atom stereocenters. The fourth-order valence-corrected chi connectivity index (χ4v) is 3.20. The molecule has 1 saturated carbocycles. The first-order valence-electron chi connectivity index (χ1n) is 8.01. The van der Waals surface area contributed by atoms with Crippen LogP contribution in [0, 0.1) is 11.3 Å². The first kappa shape index (κ1) is 18.0. The van der Waals surface area contributed by atoms with Crippen molar-refractivity contribution < 1.29 is 14.7 Å². The first-order valence-corrected chi connectivity index (χ1v) is 8.01. The predicted molar refractivity (Wildman–Crippen MR) is 92.9 cm³/mol. The third kappa shape index (κ3) is 3.75. The lowest BCUT2D eigenvalue weighted by Gasteiger charge is -2.54. The molecule has 2 amide bonds. The third-order valence-corrected chi connectivity index (χ3v) is 4.75. The van der Waals surface area contributed by atoms with Crippen LogP contribution in [-0.2, 0) is 11.3 Å². The minimum absolute atomic E-state index is 0.185. The fourth-order valence-electron chi connectivity index (χ4n) is 3.20. The van der Waals surface area contributed by atoms with Crippen LogP contribution in [-0.4, -0.2) is 53.4 Å². The normalized spacial score (nSPS) is 22.0. The summed E-state index contributed by atoms with van der Waals surface area (Å²) in [6.45, 7) is 4.21. The number of benzene rings is 1. The molecule has 1 aliphatic carbocycles. The van der Waals surface area contributed by atoms with E-state index in [9.17, 15) is 14.7 Å². The molecule has 1 aliphatic rings. The van der Waals surface area contributed by atoms with E-state index in [0.29, 0.717) is 13.0 Å². The molecule has 0 aliphatic heterocycles. The number of carbonyl (C=O) groups excluding carboxylic acids is 1. The summed E-state index contributed by atoms with van der Waals surface area (Å²) in [5.74, 6) is -0.439. The lowest BCUT2D eigenvalue weighted by atomic mass is 9.57. The molecule has 0 aromatic heterocycles. The van der Waals surface area contributed by atoms with Crippen molar-refractivity contribution in [3.8, 4) is 0 Å². The number of hydrogen-bond acceptors (Lipinski definition) is 2. The highest BCUT2D eigenvalue weighted by Gasteiger charge is 2.55. The smallest absolute Gasteiger partial charge is 0.407 e. The van der Waals surface area contributed by atoms with E-state index in [4.69, 9.17) is 0 Å². The Morgan fingerprint density at radius 3 is 2.42 bits per heavy atom. The molecule has 1 fully saturated rings. The molecule has 2 rings (SSSR count). The highest BCUT2D eigenvalue weighted by molar-refractivity contribution is 5.88. The summed E-state index contributed by atoms with van der Waals surface area (Å²) in [6, 6.07) is 9.31. The van der Waals surface area contributed by atoms with Gasteiger partial charge in [-0.1, -0.05) is 44.2 Å². The van der Waals surface area contributed by atoms with Gasteiger partial charge < -0.3 is 14.9 Å². The zero-order chi connectivity index (χ0) is 17.9. The number of hydrogen-bond donors (Lipinski definition) is 1. The van der Waals surface area contributed by atoms with Crippen LogP contribution in [0.25, 0.3) is 0 Å². The van der Waals surface area contributed by atoms with Crippen LogP contribution in [0.5, 0.6) is 0 Å². The Morgan fingerprint density at radius 2 is 1.92 bits per heavy atom. The second kappa shape index (κ2) is 7.03. The predicted octanol–water partition coefficient (Wildman–Crippen LogP) is 2.70. The van der Waals surface area contributed by atoms with Gasteiger partial charge >= 0.3 is 6.09 Å². The molecule has 0 saturated heterocycles. The van der Waals surface area contributed by atoms with Crippen LogP contribution >= 0.6 is 0 Å². The van der Waals surface area contributed by atoms with Crippen LogP contribution in [0.2, 0.25) is 0 Å². The van der Waals surface area contributed by atoms with Crippen molar-refractivity contribution in [3.05, 3.63) is 35.9 Å². The van der Waals surface area contributed by atoms with Gasteiger partial charge in [0, 0.05) is 32.6 Å². The van der Waals surface area contributed by atoms with Gasteiger partial charge in [-0.3, -0.25) is 4.79 Å². The summed E-state index contributed by atoms with van der Waals surface area (Å²) >= 11 is 0. The number of aliphatic imine (C=N–C) groups is 1. The minimum Gasteiger partial charge on any atom is -0.465 e. The molecule has 6 heteroatoms. The number of amides is 2. The number of carbonyl (C=O) groups is 2. The van der Waals surface area contributed by atoms with Gasteiger partial charge in [0.05, 0.1) is 6.34 Å². The third-order valence-electron chi connectivity index (χ3n) is 4.75. The number of nitrogens with zero attached hydrogens (tertiary/aromatic N) is 3. The SMILES string of the molecule is CN(C)C=NC(=O)[C@H]1C[C@@H](N(Cc2ccccc2)C(=O)O)C1(C)C. The van der Waals surface area contributed by atoms with Gasteiger partial charge in [-0.15, -0.1) is 0 Å². The molecule has 1 N–H and O–H groups in total. The van der Waals surface area contributed by atoms with Crippen molar-refractivity contribution in [2.45, 2.75) is 32.9 Å². The molecule has 24 heavy (non-hydrogen) atoms. The second-order valence-electron chi connectivity index (χ2n) is 7.07. The molecule has 6 nitrogen and oxygen atoms in total. The molecule has 130 valence electrons. The summed E-state index contributed by atoms with van der Waals surface area (Å²) in [5.41, 5.74) is 0.504. The van der Waals surface area contributed by atoms with E-state index in [2.05, 4.69) is 4.99 Å². The molecular formula is C18H25N3O3. The zero-order valence-electron chi connectivity index (χ0n) is 14.6. The topological polar surface area (TPSA) is 73.2 Å². The van der Waals surface area contributed by atoms with Crippen molar-refractivity contribution in [2.24, 2.45) is 16.3 Å². The Hall–Kier alpha value is -2.37. The van der Waals surface area contributed by atoms with Gasteiger partial charge in [-0.05, 0) is 17.4 Å². The molecule has 1 aromatic rings. The van der Waals surface area contributed by atoms with Gasteiger partial charge in [0.25, 0.3) is 5.91 Å². The van der Waals surface area contributed by atoms with Crippen LogP contribution in [0.15, 0.2) is 35.3 Å². The van der Waals surface area contributed by atoms with Crippen molar-refractivity contribution in [3.63, 3.8) is 0 Å². The summed E-state index contributed by atoms with van der Waals surface area (Å²) in [6.07, 6.45) is 1.04. The average Bonchev–Trinajstić information content (AvgIpc) is 2.51.